The van der Waals surface area contributed by atoms with Gasteiger partial charge in [0, 0.05) is 39.3 Å². The van der Waals surface area contributed by atoms with E-state index in [0.717, 1.165) is 38.4 Å². The normalized spacial score (nSPS) is 15.4. The van der Waals surface area contributed by atoms with Crippen LogP contribution in [0.4, 0.5) is 23.1 Å². The second-order valence-electron chi connectivity index (χ2n) is 8.81. The minimum Gasteiger partial charge on any atom is -0.495 e. The van der Waals surface area contributed by atoms with E-state index in [1.54, 1.807) is 19.1 Å². The number of carbonyl (C=O) groups is 1. The second kappa shape index (κ2) is 11.2. The minimum atomic E-state index is -0.0446. The maximum absolute atomic E-state index is 12.6. The number of rotatable bonds is 9. The summed E-state index contributed by atoms with van der Waals surface area (Å²) in [6.45, 7) is 5.31. The number of nitrogens with one attached hydrogen (secondary N) is 2. The molecule has 1 saturated heterocycles. The number of carbonyl (C=O) groups excluding carboxylic acids is 1. The van der Waals surface area contributed by atoms with Crippen LogP contribution >= 0.6 is 11.6 Å². The molecule has 3 heterocycles. The van der Waals surface area contributed by atoms with Gasteiger partial charge in [-0.15, -0.1) is 0 Å². The molecule has 1 aromatic heterocycles. The monoisotopic (exact) mass is 524 g/mol. The zero-order valence-corrected chi connectivity index (χ0v) is 21.5. The van der Waals surface area contributed by atoms with Crippen molar-refractivity contribution >= 4 is 40.6 Å². The summed E-state index contributed by atoms with van der Waals surface area (Å²) in [5.74, 6) is 1.96. The Balaban J connectivity index is 1.31. The van der Waals surface area contributed by atoms with Crippen LogP contribution in [0.15, 0.2) is 42.6 Å². The average Bonchev–Trinajstić information content (AvgIpc) is 3.21. The van der Waals surface area contributed by atoms with Gasteiger partial charge in [0.15, 0.2) is 5.82 Å². The highest BCUT2D eigenvalue weighted by Crippen LogP contribution is 2.34. The predicted octanol–water partition coefficient (Wildman–Crippen LogP) is 3.92. The van der Waals surface area contributed by atoms with Crippen molar-refractivity contribution < 1.29 is 19.0 Å². The van der Waals surface area contributed by atoms with Gasteiger partial charge in [-0.05, 0) is 23.8 Å². The lowest BCUT2D eigenvalue weighted by atomic mass is 10.1. The number of amides is 1. The highest BCUT2D eigenvalue weighted by Gasteiger charge is 2.27. The molecule has 5 rings (SSSR count). The molecule has 2 aliphatic rings. The van der Waals surface area contributed by atoms with E-state index in [0.29, 0.717) is 58.4 Å². The quantitative estimate of drug-likeness (QED) is 0.431. The van der Waals surface area contributed by atoms with Gasteiger partial charge in [0.1, 0.15) is 23.1 Å². The molecule has 3 aromatic rings. The van der Waals surface area contributed by atoms with Crippen LogP contribution in [0.1, 0.15) is 15.9 Å². The summed E-state index contributed by atoms with van der Waals surface area (Å²) >= 11 is 6.40. The fraction of sp³-hybridized carbons (Fsp3) is 0.346. The molecule has 2 N–H and O–H groups in total. The summed E-state index contributed by atoms with van der Waals surface area (Å²) in [5, 5.41) is 6.73. The van der Waals surface area contributed by atoms with Crippen LogP contribution in [0.25, 0.3) is 0 Å². The lowest BCUT2D eigenvalue weighted by Crippen LogP contribution is -2.38. The van der Waals surface area contributed by atoms with E-state index in [9.17, 15) is 4.79 Å². The third-order valence-corrected chi connectivity index (χ3v) is 6.59. The molecule has 0 bridgehead atoms. The topological polar surface area (TPSA) is 101 Å². The van der Waals surface area contributed by atoms with Crippen molar-refractivity contribution in [2.45, 2.75) is 6.54 Å². The first-order valence-electron chi connectivity index (χ1n) is 12.1. The molecule has 0 unspecified atom stereocenters. The van der Waals surface area contributed by atoms with Crippen LogP contribution in [0, 0.1) is 0 Å². The molecule has 0 aliphatic carbocycles. The molecule has 0 saturated carbocycles. The summed E-state index contributed by atoms with van der Waals surface area (Å²) < 4.78 is 16.9. The van der Waals surface area contributed by atoms with Crippen molar-refractivity contribution in [3.63, 3.8) is 0 Å². The summed E-state index contributed by atoms with van der Waals surface area (Å²) in [6.07, 6.45) is 1.51. The first-order valence-corrected chi connectivity index (χ1v) is 12.4. The summed E-state index contributed by atoms with van der Waals surface area (Å²) in [7, 11) is 3.37. The molecule has 0 radical (unpaired) electrons. The Morgan fingerprint density at radius 2 is 1.97 bits per heavy atom. The number of hydrogen-bond acceptors (Lipinski definition) is 9. The fourth-order valence-electron chi connectivity index (χ4n) is 4.36. The summed E-state index contributed by atoms with van der Waals surface area (Å²) in [4.78, 5) is 25.5. The van der Waals surface area contributed by atoms with Gasteiger partial charge in [-0.2, -0.15) is 4.98 Å². The Kier molecular flexibility index (Phi) is 7.59. The lowest BCUT2D eigenvalue weighted by Gasteiger charge is -2.26. The van der Waals surface area contributed by atoms with E-state index in [1.165, 1.54) is 6.20 Å². The molecular formula is C26H29ClN6O4. The smallest absolute Gasteiger partial charge is 0.256 e. The van der Waals surface area contributed by atoms with Crippen LogP contribution in [0.5, 0.6) is 11.5 Å². The second-order valence-corrected chi connectivity index (χ2v) is 9.21. The number of morpholine rings is 1. The van der Waals surface area contributed by atoms with Crippen LogP contribution in [0.3, 0.4) is 0 Å². The lowest BCUT2D eigenvalue weighted by molar-refractivity contribution is 0.0322. The van der Waals surface area contributed by atoms with Gasteiger partial charge >= 0.3 is 0 Å². The van der Waals surface area contributed by atoms with E-state index in [2.05, 4.69) is 25.5 Å². The van der Waals surface area contributed by atoms with Crippen molar-refractivity contribution in [3.8, 4) is 11.5 Å². The van der Waals surface area contributed by atoms with E-state index in [4.69, 9.17) is 25.8 Å². The number of methoxy groups -OCH3 is 1. The molecule has 2 aliphatic heterocycles. The molecule has 11 heteroatoms. The molecule has 0 atom stereocenters. The van der Waals surface area contributed by atoms with Crippen LogP contribution in [0.2, 0.25) is 5.02 Å². The molecule has 1 fully saturated rings. The van der Waals surface area contributed by atoms with Crippen LogP contribution in [-0.4, -0.2) is 79.3 Å². The molecular weight excluding hydrogens is 496 g/mol. The van der Waals surface area contributed by atoms with Gasteiger partial charge in [0.25, 0.3) is 5.91 Å². The average molecular weight is 525 g/mol. The van der Waals surface area contributed by atoms with Crippen molar-refractivity contribution in [1.29, 1.82) is 0 Å². The van der Waals surface area contributed by atoms with E-state index in [-0.39, 0.29) is 5.91 Å². The Bertz CT molecular complexity index is 1280. The zero-order chi connectivity index (χ0) is 25.8. The molecule has 2 aromatic carbocycles. The first kappa shape index (κ1) is 25.1. The van der Waals surface area contributed by atoms with Gasteiger partial charge in [-0.25, -0.2) is 4.98 Å². The van der Waals surface area contributed by atoms with Crippen molar-refractivity contribution in [1.82, 2.24) is 19.8 Å². The van der Waals surface area contributed by atoms with Crippen molar-refractivity contribution in [3.05, 3.63) is 58.7 Å². The third kappa shape index (κ3) is 5.71. The van der Waals surface area contributed by atoms with Gasteiger partial charge in [0.05, 0.1) is 43.5 Å². The van der Waals surface area contributed by atoms with Crippen molar-refractivity contribution in [2.24, 2.45) is 0 Å². The number of nitrogens with zero attached hydrogens (tertiary/aromatic N) is 4. The number of anilines is 4. The highest BCUT2D eigenvalue weighted by atomic mass is 35.5. The molecule has 37 heavy (non-hydrogen) atoms. The number of halogens is 1. The summed E-state index contributed by atoms with van der Waals surface area (Å²) in [6, 6.07) is 11.2. The Morgan fingerprint density at radius 1 is 1.14 bits per heavy atom. The van der Waals surface area contributed by atoms with Crippen LogP contribution < -0.4 is 20.1 Å². The van der Waals surface area contributed by atoms with E-state index < -0.39 is 0 Å². The van der Waals surface area contributed by atoms with Crippen LogP contribution in [-0.2, 0) is 11.3 Å². The van der Waals surface area contributed by atoms with Gasteiger partial charge < -0.3 is 29.7 Å². The van der Waals surface area contributed by atoms with Gasteiger partial charge in [0.2, 0.25) is 5.95 Å². The number of hydrogen-bond donors (Lipinski definition) is 2. The standard InChI is InChI=1S/C26H29ClN6O4/c1-32-16-17-4-3-5-20(23(17)25(32)34)29-24-19(27)15-28-26(31-24)30-21-14-18(6-7-22(21)35-2)37-13-10-33-8-11-36-12-9-33/h3-7,14-15H,8-13,16H2,1-2H3,(H2,28,29,30,31). The zero-order valence-electron chi connectivity index (χ0n) is 20.8. The molecule has 0 spiro atoms. The number of fused-ring (bicyclic) bond motifs is 1. The van der Waals surface area contributed by atoms with E-state index >= 15 is 0 Å². The third-order valence-electron chi connectivity index (χ3n) is 6.31. The van der Waals surface area contributed by atoms with Gasteiger partial charge in [-0.3, -0.25) is 9.69 Å². The fourth-order valence-corrected chi connectivity index (χ4v) is 4.50. The Labute approximate surface area is 220 Å². The maximum atomic E-state index is 12.6. The Morgan fingerprint density at radius 3 is 2.78 bits per heavy atom. The van der Waals surface area contributed by atoms with Gasteiger partial charge in [-0.1, -0.05) is 23.7 Å². The largest absolute Gasteiger partial charge is 0.495 e. The Hall–Kier alpha value is -3.60. The molecule has 194 valence electrons. The number of aromatic nitrogens is 2. The highest BCUT2D eigenvalue weighted by molar-refractivity contribution is 6.33. The molecule has 10 nitrogen and oxygen atoms in total. The first-order chi connectivity index (χ1) is 18.0. The number of benzene rings is 2. The summed E-state index contributed by atoms with van der Waals surface area (Å²) in [5.41, 5.74) is 2.87. The predicted molar refractivity (Wildman–Crippen MR) is 142 cm³/mol. The maximum Gasteiger partial charge on any atom is 0.256 e. The minimum absolute atomic E-state index is 0.0446. The SMILES string of the molecule is COc1ccc(OCCN2CCOCC2)cc1Nc1ncc(Cl)c(Nc2cccc3c2C(=O)N(C)C3)n1. The van der Waals surface area contributed by atoms with Crippen molar-refractivity contribution in [2.75, 3.05) is 64.2 Å². The number of ether oxygens (including phenoxy) is 3. The van der Waals surface area contributed by atoms with E-state index in [1.807, 2.05) is 36.4 Å². The molecule has 1 amide bonds.